The number of nitrogens with zero attached hydrogens (tertiary/aromatic N) is 1. The van der Waals surface area contributed by atoms with Gasteiger partial charge in [-0.25, -0.2) is 10.2 Å². The van der Waals surface area contributed by atoms with E-state index in [-0.39, 0.29) is 24.5 Å². The van der Waals surface area contributed by atoms with Gasteiger partial charge < -0.3 is 4.74 Å². The Hall–Kier alpha value is -2.75. The second-order valence-corrected chi connectivity index (χ2v) is 5.51. The molecule has 2 rings (SSSR count). The zero-order chi connectivity index (χ0) is 17.5. The van der Waals surface area contributed by atoms with Crippen LogP contribution in [0.1, 0.15) is 23.2 Å². The monoisotopic (exact) mass is 396 g/mol. The number of amides is 3. The maximum absolute atomic E-state index is 11.9. The molecule has 1 aromatic rings. The van der Waals surface area contributed by atoms with Gasteiger partial charge in [-0.15, -0.1) is 0 Å². The van der Waals surface area contributed by atoms with Crippen molar-refractivity contribution in [3.05, 3.63) is 34.3 Å². The predicted molar refractivity (Wildman–Crippen MR) is 85.5 cm³/mol. The lowest BCUT2D eigenvalue weighted by Gasteiger charge is -2.12. The highest BCUT2D eigenvalue weighted by Gasteiger charge is 2.20. The first kappa shape index (κ1) is 17.6. The minimum absolute atomic E-state index is 0.0275. The molecule has 24 heavy (non-hydrogen) atoms. The summed E-state index contributed by atoms with van der Waals surface area (Å²) in [6.45, 7) is -0.595. The van der Waals surface area contributed by atoms with Crippen LogP contribution in [0.2, 0.25) is 0 Å². The molecule has 0 radical (unpaired) electrons. The summed E-state index contributed by atoms with van der Waals surface area (Å²) < 4.78 is 5.32. The van der Waals surface area contributed by atoms with Gasteiger partial charge in [0.25, 0.3) is 11.8 Å². The number of nitrogens with one attached hydrogen (secondary N) is 3. The number of rotatable bonds is 4. The van der Waals surface area contributed by atoms with Crippen LogP contribution >= 0.6 is 15.9 Å². The summed E-state index contributed by atoms with van der Waals surface area (Å²) in [4.78, 5) is 46.0. The summed E-state index contributed by atoms with van der Waals surface area (Å²) in [6, 6.07) is 6.67. The van der Waals surface area contributed by atoms with Gasteiger partial charge in [-0.05, 0) is 28.1 Å². The Bertz CT molecular complexity index is 719. The number of hydrazine groups is 1. The molecule has 1 aliphatic heterocycles. The largest absolute Gasteiger partial charge is 0.451 e. The topological polar surface area (TPSA) is 126 Å². The van der Waals surface area contributed by atoms with Crippen LogP contribution in [0.15, 0.2) is 33.8 Å². The van der Waals surface area contributed by atoms with E-state index in [0.717, 1.165) is 0 Å². The van der Waals surface area contributed by atoms with Crippen LogP contribution in [0.4, 0.5) is 0 Å². The number of benzene rings is 1. The summed E-state index contributed by atoms with van der Waals surface area (Å²) in [7, 11) is 0. The van der Waals surface area contributed by atoms with E-state index in [9.17, 15) is 19.2 Å². The average Bonchev–Trinajstić information content (AvgIpc) is 2.58. The lowest BCUT2D eigenvalue weighted by molar-refractivity contribution is -0.142. The lowest BCUT2D eigenvalue weighted by atomic mass is 10.2. The number of halogens is 1. The van der Waals surface area contributed by atoms with Gasteiger partial charge in [-0.2, -0.15) is 5.10 Å². The van der Waals surface area contributed by atoms with Crippen LogP contribution in [0.25, 0.3) is 0 Å². The first-order chi connectivity index (χ1) is 11.5. The number of hydrogen-bond acceptors (Lipinski definition) is 6. The van der Waals surface area contributed by atoms with E-state index in [0.29, 0.717) is 10.0 Å². The lowest BCUT2D eigenvalue weighted by Crippen LogP contribution is -2.44. The third-order valence-corrected chi connectivity index (χ3v) is 3.60. The minimum Gasteiger partial charge on any atom is -0.451 e. The molecule has 0 saturated carbocycles. The third kappa shape index (κ3) is 4.88. The summed E-state index contributed by atoms with van der Waals surface area (Å²) in [5.74, 6) is -2.34. The number of carbonyl (C=O) groups is 4. The fourth-order valence-electron chi connectivity index (χ4n) is 1.71. The highest BCUT2D eigenvalue weighted by Crippen LogP contribution is 2.15. The summed E-state index contributed by atoms with van der Waals surface area (Å²) >= 11 is 3.22. The van der Waals surface area contributed by atoms with E-state index in [1.807, 2.05) is 0 Å². The van der Waals surface area contributed by atoms with E-state index in [1.165, 1.54) is 0 Å². The number of ether oxygens (including phenoxy) is 1. The Morgan fingerprint density at radius 3 is 2.62 bits per heavy atom. The molecule has 0 aromatic heterocycles. The van der Waals surface area contributed by atoms with Crippen molar-refractivity contribution in [2.24, 2.45) is 5.10 Å². The Labute approximate surface area is 144 Å². The molecule has 1 heterocycles. The van der Waals surface area contributed by atoms with E-state index in [1.54, 1.807) is 24.3 Å². The summed E-state index contributed by atoms with van der Waals surface area (Å²) in [6.07, 6.45) is 0.271. The fourth-order valence-corrected chi connectivity index (χ4v) is 2.18. The van der Waals surface area contributed by atoms with Crippen LogP contribution < -0.4 is 16.3 Å². The molecule has 0 atom stereocenters. The molecule has 0 bridgehead atoms. The number of hydrogen-bond donors (Lipinski definition) is 3. The van der Waals surface area contributed by atoms with Crippen molar-refractivity contribution >= 4 is 45.3 Å². The first-order valence-electron chi connectivity index (χ1n) is 6.83. The molecule has 1 aromatic carbocycles. The van der Waals surface area contributed by atoms with Crippen LogP contribution in [0.3, 0.4) is 0 Å². The Kier molecular flexibility index (Phi) is 6.01. The molecule has 126 valence electrons. The highest BCUT2D eigenvalue weighted by molar-refractivity contribution is 9.10. The van der Waals surface area contributed by atoms with E-state index in [2.05, 4.69) is 37.3 Å². The van der Waals surface area contributed by atoms with Gasteiger partial charge in [0.2, 0.25) is 5.91 Å². The van der Waals surface area contributed by atoms with Crippen LogP contribution in [0.5, 0.6) is 0 Å². The van der Waals surface area contributed by atoms with Crippen molar-refractivity contribution in [3.8, 4) is 0 Å². The summed E-state index contributed by atoms with van der Waals surface area (Å²) in [5.41, 5.74) is 6.84. The van der Waals surface area contributed by atoms with Crippen molar-refractivity contribution in [2.45, 2.75) is 12.8 Å². The number of carbonyl (C=O) groups excluding carboxylic acids is 4. The van der Waals surface area contributed by atoms with Gasteiger partial charge in [-0.1, -0.05) is 12.1 Å². The molecule has 0 unspecified atom stereocenters. The molecule has 0 aliphatic carbocycles. The SMILES string of the molecule is O=C1CCC(C(=O)OCC(=O)NNC(=O)c2ccccc2Br)=NN1. The van der Waals surface area contributed by atoms with Crippen molar-refractivity contribution in [1.29, 1.82) is 0 Å². The van der Waals surface area contributed by atoms with Crippen LogP contribution in [0, 0.1) is 0 Å². The molecule has 0 saturated heterocycles. The second kappa shape index (κ2) is 8.20. The molecular formula is C14H13BrN4O5. The van der Waals surface area contributed by atoms with Gasteiger partial charge in [0.1, 0.15) is 5.71 Å². The van der Waals surface area contributed by atoms with Crippen molar-refractivity contribution in [3.63, 3.8) is 0 Å². The predicted octanol–water partition coefficient (Wildman–Crippen LogP) is 0.0193. The Morgan fingerprint density at radius 1 is 1.21 bits per heavy atom. The van der Waals surface area contributed by atoms with Gasteiger partial charge in [0, 0.05) is 17.3 Å². The van der Waals surface area contributed by atoms with Gasteiger partial charge in [0.15, 0.2) is 6.61 Å². The molecular weight excluding hydrogens is 384 g/mol. The molecule has 3 amide bonds. The molecule has 0 spiro atoms. The van der Waals surface area contributed by atoms with Gasteiger partial charge >= 0.3 is 5.97 Å². The van der Waals surface area contributed by atoms with Gasteiger partial charge in [-0.3, -0.25) is 25.2 Å². The maximum Gasteiger partial charge on any atom is 0.355 e. The third-order valence-electron chi connectivity index (χ3n) is 2.91. The van der Waals surface area contributed by atoms with E-state index < -0.39 is 24.4 Å². The molecule has 1 aliphatic rings. The zero-order valence-corrected chi connectivity index (χ0v) is 13.9. The van der Waals surface area contributed by atoms with E-state index >= 15 is 0 Å². The van der Waals surface area contributed by atoms with Crippen molar-refractivity contribution in [2.75, 3.05) is 6.61 Å². The fraction of sp³-hybridized carbons (Fsp3) is 0.214. The first-order valence-corrected chi connectivity index (χ1v) is 7.63. The normalized spacial score (nSPS) is 13.4. The number of hydrazone groups is 1. The van der Waals surface area contributed by atoms with E-state index in [4.69, 9.17) is 4.74 Å². The van der Waals surface area contributed by atoms with Crippen LogP contribution in [-0.4, -0.2) is 36.0 Å². The highest BCUT2D eigenvalue weighted by atomic mass is 79.9. The van der Waals surface area contributed by atoms with Crippen molar-refractivity contribution < 1.29 is 23.9 Å². The minimum atomic E-state index is -0.803. The van der Waals surface area contributed by atoms with Crippen LogP contribution in [-0.2, 0) is 19.1 Å². The molecule has 9 nitrogen and oxygen atoms in total. The maximum atomic E-state index is 11.9. The second-order valence-electron chi connectivity index (χ2n) is 4.65. The Morgan fingerprint density at radius 2 is 1.96 bits per heavy atom. The zero-order valence-electron chi connectivity index (χ0n) is 12.3. The Balaban J connectivity index is 1.75. The average molecular weight is 397 g/mol. The van der Waals surface area contributed by atoms with Crippen molar-refractivity contribution in [1.82, 2.24) is 16.3 Å². The standard InChI is InChI=1S/C14H13BrN4O5/c15-9-4-2-1-3-8(9)13(22)19-18-12(21)7-24-14(23)10-5-6-11(20)17-16-10/h1-4H,5-7H2,(H,17,20)(H,18,21)(H,19,22). The molecule has 0 fully saturated rings. The number of esters is 1. The van der Waals surface area contributed by atoms with Gasteiger partial charge in [0.05, 0.1) is 5.56 Å². The quantitative estimate of drug-likeness (QED) is 0.488. The molecule has 3 N–H and O–H groups in total. The molecule has 10 heteroatoms. The summed E-state index contributed by atoms with van der Waals surface area (Å²) in [5, 5.41) is 3.55. The smallest absolute Gasteiger partial charge is 0.355 e.